The number of aliphatic hydroxyl groups excluding tert-OH is 1. The van der Waals surface area contributed by atoms with Crippen LogP contribution in [-0.4, -0.2) is 39.5 Å². The van der Waals surface area contributed by atoms with Crippen molar-refractivity contribution in [3.63, 3.8) is 0 Å². The van der Waals surface area contributed by atoms with E-state index in [-0.39, 0.29) is 5.91 Å². The second kappa shape index (κ2) is 7.25. The first-order chi connectivity index (χ1) is 13.2. The van der Waals surface area contributed by atoms with E-state index in [1.165, 1.54) is 0 Å². The molecule has 6 nitrogen and oxygen atoms in total. The van der Waals surface area contributed by atoms with Crippen molar-refractivity contribution in [3.8, 4) is 17.1 Å². The molecule has 0 spiro atoms. The fourth-order valence-corrected chi connectivity index (χ4v) is 3.32. The summed E-state index contributed by atoms with van der Waals surface area (Å²) in [4.78, 5) is 22.4. The zero-order valence-electron chi connectivity index (χ0n) is 15.1. The Morgan fingerprint density at radius 3 is 2.63 bits per heavy atom. The highest BCUT2D eigenvalue weighted by molar-refractivity contribution is 5.82. The van der Waals surface area contributed by atoms with Gasteiger partial charge < -0.3 is 19.7 Å². The fourth-order valence-electron chi connectivity index (χ4n) is 3.32. The van der Waals surface area contributed by atoms with E-state index in [0.29, 0.717) is 30.8 Å². The van der Waals surface area contributed by atoms with Gasteiger partial charge in [-0.2, -0.15) is 0 Å². The quantitative estimate of drug-likeness (QED) is 0.747. The largest absolute Gasteiger partial charge is 0.497 e. The smallest absolute Gasteiger partial charge is 0.256 e. The number of H-pyrrole nitrogens is 1. The Balaban J connectivity index is 1.50. The Morgan fingerprint density at radius 2 is 1.93 bits per heavy atom. The molecule has 2 aromatic carbocycles. The molecule has 1 amide bonds. The average Bonchev–Trinajstić information content (AvgIpc) is 3.17. The van der Waals surface area contributed by atoms with Crippen LogP contribution in [0, 0.1) is 0 Å². The van der Waals surface area contributed by atoms with E-state index in [2.05, 4.69) is 9.97 Å². The SMILES string of the molecule is COc1ccc([C@H](O)C(=O)N2CCc3nc(-c4ccccc4)[nH]c3C2)cc1. The number of ether oxygens (including phenoxy) is 1. The molecule has 1 aliphatic heterocycles. The van der Waals surface area contributed by atoms with Crippen molar-refractivity contribution in [1.29, 1.82) is 0 Å². The van der Waals surface area contributed by atoms with Crippen LogP contribution in [0.2, 0.25) is 0 Å². The van der Waals surface area contributed by atoms with Crippen molar-refractivity contribution in [2.75, 3.05) is 13.7 Å². The topological polar surface area (TPSA) is 78.5 Å². The number of hydrogen-bond donors (Lipinski definition) is 2. The second-order valence-electron chi connectivity index (χ2n) is 6.56. The number of nitrogens with zero attached hydrogens (tertiary/aromatic N) is 2. The maximum Gasteiger partial charge on any atom is 0.256 e. The van der Waals surface area contributed by atoms with Crippen LogP contribution >= 0.6 is 0 Å². The number of benzene rings is 2. The maximum absolute atomic E-state index is 12.7. The van der Waals surface area contributed by atoms with Gasteiger partial charge in [-0.3, -0.25) is 4.79 Å². The number of aliphatic hydroxyl groups is 1. The molecular weight excluding hydrogens is 342 g/mol. The minimum Gasteiger partial charge on any atom is -0.497 e. The normalized spacial score (nSPS) is 14.5. The molecule has 0 saturated heterocycles. The van der Waals surface area contributed by atoms with Gasteiger partial charge in [-0.25, -0.2) is 4.98 Å². The number of amides is 1. The Bertz CT molecular complexity index is 935. The van der Waals surface area contributed by atoms with E-state index in [1.54, 1.807) is 36.3 Å². The molecule has 0 aliphatic carbocycles. The summed E-state index contributed by atoms with van der Waals surface area (Å²) < 4.78 is 5.12. The summed E-state index contributed by atoms with van der Waals surface area (Å²) in [6.45, 7) is 0.958. The molecule has 2 heterocycles. The number of methoxy groups -OCH3 is 1. The van der Waals surface area contributed by atoms with Crippen molar-refractivity contribution in [2.45, 2.75) is 19.1 Å². The van der Waals surface area contributed by atoms with E-state index in [9.17, 15) is 9.90 Å². The number of carbonyl (C=O) groups excluding carboxylic acids is 1. The van der Waals surface area contributed by atoms with Crippen LogP contribution < -0.4 is 4.74 Å². The molecule has 1 aromatic heterocycles. The molecule has 0 radical (unpaired) electrons. The van der Waals surface area contributed by atoms with Gasteiger partial charge in [-0.05, 0) is 17.7 Å². The predicted molar refractivity (Wildman–Crippen MR) is 101 cm³/mol. The van der Waals surface area contributed by atoms with E-state index in [1.807, 2.05) is 30.3 Å². The molecule has 0 saturated carbocycles. The number of aromatic nitrogens is 2. The number of aromatic amines is 1. The lowest BCUT2D eigenvalue weighted by atomic mass is 10.1. The molecule has 0 bridgehead atoms. The van der Waals surface area contributed by atoms with Crippen LogP contribution in [-0.2, 0) is 17.8 Å². The van der Waals surface area contributed by atoms with Gasteiger partial charge in [0.05, 0.1) is 25.0 Å². The summed E-state index contributed by atoms with van der Waals surface area (Å²) in [5.74, 6) is 1.19. The Hall–Kier alpha value is -3.12. The Labute approximate surface area is 157 Å². The summed E-state index contributed by atoms with van der Waals surface area (Å²) in [6, 6.07) is 16.8. The van der Waals surface area contributed by atoms with Gasteiger partial charge in [0, 0.05) is 18.5 Å². The molecule has 0 unspecified atom stereocenters. The summed E-state index contributed by atoms with van der Waals surface area (Å²) in [7, 11) is 1.58. The van der Waals surface area contributed by atoms with E-state index < -0.39 is 6.10 Å². The molecule has 4 rings (SSSR count). The zero-order valence-corrected chi connectivity index (χ0v) is 15.1. The van der Waals surface area contributed by atoms with Crippen molar-refractivity contribution >= 4 is 5.91 Å². The third kappa shape index (κ3) is 3.44. The third-order valence-corrected chi connectivity index (χ3v) is 4.86. The molecule has 3 aromatic rings. The molecule has 0 fully saturated rings. The predicted octanol–water partition coefficient (Wildman–Crippen LogP) is 2.70. The van der Waals surface area contributed by atoms with Gasteiger partial charge in [0.15, 0.2) is 6.10 Å². The standard InChI is InChI=1S/C21H21N3O3/c1-27-16-9-7-14(8-10-16)19(25)21(26)24-12-11-17-18(13-24)23-20(22-17)15-5-3-2-4-6-15/h2-10,19,25H,11-13H2,1H3,(H,22,23)/t19-/m0/s1. The first-order valence-electron chi connectivity index (χ1n) is 8.89. The molecule has 138 valence electrons. The second-order valence-corrected chi connectivity index (χ2v) is 6.56. The molecule has 1 atom stereocenters. The third-order valence-electron chi connectivity index (χ3n) is 4.86. The lowest BCUT2D eigenvalue weighted by molar-refractivity contribution is -0.141. The van der Waals surface area contributed by atoms with Crippen LogP contribution in [0.3, 0.4) is 0 Å². The van der Waals surface area contributed by atoms with E-state index in [4.69, 9.17) is 4.74 Å². The lowest BCUT2D eigenvalue weighted by Crippen LogP contribution is -2.39. The first kappa shape index (κ1) is 17.3. The summed E-state index contributed by atoms with van der Waals surface area (Å²) in [6.07, 6.45) is -0.520. The highest BCUT2D eigenvalue weighted by atomic mass is 16.5. The van der Waals surface area contributed by atoms with Gasteiger partial charge in [0.2, 0.25) is 0 Å². The van der Waals surface area contributed by atoms with Gasteiger partial charge in [0.1, 0.15) is 11.6 Å². The van der Waals surface area contributed by atoms with E-state index in [0.717, 1.165) is 22.8 Å². The monoisotopic (exact) mass is 363 g/mol. The molecule has 27 heavy (non-hydrogen) atoms. The van der Waals surface area contributed by atoms with Gasteiger partial charge in [0.25, 0.3) is 5.91 Å². The number of rotatable bonds is 4. The average molecular weight is 363 g/mol. The van der Waals surface area contributed by atoms with Crippen LogP contribution in [0.5, 0.6) is 5.75 Å². The number of carbonyl (C=O) groups is 1. The lowest BCUT2D eigenvalue weighted by Gasteiger charge is -2.28. The number of fused-ring (bicyclic) bond motifs is 1. The summed E-state index contributed by atoms with van der Waals surface area (Å²) >= 11 is 0. The van der Waals surface area contributed by atoms with Crippen molar-refractivity contribution in [3.05, 3.63) is 71.5 Å². The highest BCUT2D eigenvalue weighted by Crippen LogP contribution is 2.25. The van der Waals surface area contributed by atoms with Crippen LogP contribution in [0.25, 0.3) is 11.4 Å². The number of imidazole rings is 1. The van der Waals surface area contributed by atoms with Gasteiger partial charge in [-0.15, -0.1) is 0 Å². The first-order valence-corrected chi connectivity index (χ1v) is 8.89. The molecule has 1 aliphatic rings. The maximum atomic E-state index is 12.7. The van der Waals surface area contributed by atoms with Gasteiger partial charge >= 0.3 is 0 Å². The Kier molecular flexibility index (Phi) is 4.64. The Morgan fingerprint density at radius 1 is 1.19 bits per heavy atom. The summed E-state index contributed by atoms with van der Waals surface area (Å²) in [5.41, 5.74) is 3.48. The van der Waals surface area contributed by atoms with Crippen molar-refractivity contribution in [2.24, 2.45) is 0 Å². The van der Waals surface area contributed by atoms with Crippen LogP contribution in [0.4, 0.5) is 0 Å². The van der Waals surface area contributed by atoms with Crippen LogP contribution in [0.1, 0.15) is 23.1 Å². The van der Waals surface area contributed by atoms with Crippen molar-refractivity contribution < 1.29 is 14.6 Å². The molecule has 2 N–H and O–H groups in total. The molecular formula is C21H21N3O3. The minimum atomic E-state index is -1.19. The number of nitrogens with one attached hydrogen (secondary N) is 1. The minimum absolute atomic E-state index is 0.304. The van der Waals surface area contributed by atoms with Crippen LogP contribution in [0.15, 0.2) is 54.6 Å². The summed E-state index contributed by atoms with van der Waals surface area (Å²) in [5, 5.41) is 10.5. The van der Waals surface area contributed by atoms with Gasteiger partial charge in [-0.1, -0.05) is 42.5 Å². The van der Waals surface area contributed by atoms with E-state index >= 15 is 0 Å². The fraction of sp³-hybridized carbons (Fsp3) is 0.238. The highest BCUT2D eigenvalue weighted by Gasteiger charge is 2.28. The zero-order chi connectivity index (χ0) is 18.8. The van der Waals surface area contributed by atoms with Crippen molar-refractivity contribution in [1.82, 2.24) is 14.9 Å². The number of hydrogen-bond acceptors (Lipinski definition) is 4. The molecule has 6 heteroatoms.